The van der Waals surface area contributed by atoms with Gasteiger partial charge < -0.3 is 11.1 Å². The largest absolute Gasteiger partial charge is 0.398 e. The molecule has 19 heavy (non-hydrogen) atoms. The van der Waals surface area contributed by atoms with Crippen molar-refractivity contribution >= 4 is 37.5 Å². The molecule has 0 radical (unpaired) electrons. The number of anilines is 1. The third-order valence-corrected chi connectivity index (χ3v) is 4.86. The molecule has 1 atom stereocenters. The summed E-state index contributed by atoms with van der Waals surface area (Å²) >= 11 is 3.22. The summed E-state index contributed by atoms with van der Waals surface area (Å²) in [5.74, 6) is -0.0487. The van der Waals surface area contributed by atoms with Crippen LogP contribution in [0.5, 0.6) is 0 Å². The molecule has 0 bridgehead atoms. The second kappa shape index (κ2) is 5.48. The summed E-state index contributed by atoms with van der Waals surface area (Å²) in [6.07, 6.45) is 1.07. The lowest BCUT2D eigenvalue weighted by molar-refractivity contribution is -0.119. The maximum Gasteiger partial charge on any atom is 0.242 e. The van der Waals surface area contributed by atoms with Crippen LogP contribution in [0.2, 0.25) is 0 Å². The lowest BCUT2D eigenvalue weighted by Gasteiger charge is -2.13. The Kier molecular flexibility index (Phi) is 4.12. The first-order chi connectivity index (χ1) is 8.88. The van der Waals surface area contributed by atoms with Crippen molar-refractivity contribution in [2.24, 2.45) is 0 Å². The van der Waals surface area contributed by atoms with Gasteiger partial charge in [-0.3, -0.25) is 4.79 Å². The van der Waals surface area contributed by atoms with Crippen LogP contribution in [-0.2, 0) is 14.8 Å². The van der Waals surface area contributed by atoms with Gasteiger partial charge in [-0.1, -0.05) is 15.9 Å². The predicted octanol–water partition coefficient (Wildman–Crippen LogP) is 0.588. The van der Waals surface area contributed by atoms with Crippen molar-refractivity contribution in [2.45, 2.75) is 23.8 Å². The number of hydrogen-bond donors (Lipinski definition) is 3. The number of nitrogen functional groups attached to an aromatic ring is 1. The number of carbonyl (C=O) groups excluding carboxylic acids is 1. The van der Waals surface area contributed by atoms with E-state index in [-0.39, 0.29) is 29.1 Å². The van der Waals surface area contributed by atoms with Crippen LogP contribution >= 0.6 is 15.9 Å². The van der Waals surface area contributed by atoms with Gasteiger partial charge >= 0.3 is 0 Å². The van der Waals surface area contributed by atoms with Crippen LogP contribution in [0, 0.1) is 0 Å². The summed E-state index contributed by atoms with van der Waals surface area (Å²) in [6, 6.07) is 4.43. The van der Waals surface area contributed by atoms with E-state index in [0.717, 1.165) is 0 Å². The maximum atomic E-state index is 12.1. The highest BCUT2D eigenvalue weighted by Gasteiger charge is 2.24. The number of hydrogen-bond acceptors (Lipinski definition) is 4. The number of nitrogens with two attached hydrogens (primary N) is 1. The standard InChI is InChI=1S/C11H14BrN3O3S/c12-7-1-3-10(9(13)5-7)19(17,18)14-6-8-2-4-11(16)15-8/h1,3,5,8,14H,2,4,6,13H2,(H,15,16). The van der Waals surface area contributed by atoms with Crippen molar-refractivity contribution in [2.75, 3.05) is 12.3 Å². The topological polar surface area (TPSA) is 101 Å². The van der Waals surface area contributed by atoms with Gasteiger partial charge in [-0.15, -0.1) is 0 Å². The Morgan fingerprint density at radius 3 is 2.79 bits per heavy atom. The fraction of sp³-hybridized carbons (Fsp3) is 0.364. The van der Waals surface area contributed by atoms with E-state index in [9.17, 15) is 13.2 Å². The minimum absolute atomic E-state index is 0.0417. The third kappa shape index (κ3) is 3.46. The predicted molar refractivity (Wildman–Crippen MR) is 74.9 cm³/mol. The SMILES string of the molecule is Nc1cc(Br)ccc1S(=O)(=O)NCC1CCC(=O)N1. The normalized spacial score (nSPS) is 19.4. The van der Waals surface area contributed by atoms with Crippen LogP contribution < -0.4 is 15.8 Å². The average Bonchev–Trinajstić information content (AvgIpc) is 2.72. The van der Waals surface area contributed by atoms with Gasteiger partial charge in [-0.05, 0) is 24.6 Å². The number of nitrogens with one attached hydrogen (secondary N) is 2. The molecule has 1 fully saturated rings. The molecular weight excluding hydrogens is 334 g/mol. The molecule has 0 spiro atoms. The first-order valence-electron chi connectivity index (χ1n) is 5.72. The van der Waals surface area contributed by atoms with Gasteiger partial charge in [0.2, 0.25) is 15.9 Å². The van der Waals surface area contributed by atoms with Crippen LogP contribution in [0.1, 0.15) is 12.8 Å². The summed E-state index contributed by atoms with van der Waals surface area (Å²) in [7, 11) is -3.66. The number of carbonyl (C=O) groups is 1. The summed E-state index contributed by atoms with van der Waals surface area (Å²) in [5, 5.41) is 2.70. The molecule has 104 valence electrons. The number of sulfonamides is 1. The molecular formula is C11H14BrN3O3S. The molecule has 1 aliphatic rings. The van der Waals surface area contributed by atoms with E-state index in [1.165, 1.54) is 12.1 Å². The van der Waals surface area contributed by atoms with Gasteiger partial charge in [0.15, 0.2) is 0 Å². The van der Waals surface area contributed by atoms with Crippen LogP contribution in [0.4, 0.5) is 5.69 Å². The molecule has 1 aliphatic heterocycles. The van der Waals surface area contributed by atoms with Crippen molar-refractivity contribution in [1.29, 1.82) is 0 Å². The van der Waals surface area contributed by atoms with Gasteiger partial charge in [0.25, 0.3) is 0 Å². The molecule has 6 nitrogen and oxygen atoms in total. The maximum absolute atomic E-state index is 12.1. The van der Waals surface area contributed by atoms with Crippen LogP contribution in [0.25, 0.3) is 0 Å². The molecule has 0 aromatic heterocycles. The molecule has 2 rings (SSSR count). The summed E-state index contributed by atoms with van der Waals surface area (Å²) in [4.78, 5) is 11.1. The first-order valence-corrected chi connectivity index (χ1v) is 8.00. The molecule has 4 N–H and O–H groups in total. The zero-order valence-corrected chi connectivity index (χ0v) is 12.4. The molecule has 0 saturated carbocycles. The Morgan fingerprint density at radius 2 is 2.21 bits per heavy atom. The molecule has 1 aromatic carbocycles. The van der Waals surface area contributed by atoms with Crippen molar-refractivity contribution in [3.8, 4) is 0 Å². The monoisotopic (exact) mass is 347 g/mol. The lowest BCUT2D eigenvalue weighted by atomic mass is 10.2. The lowest BCUT2D eigenvalue weighted by Crippen LogP contribution is -2.38. The summed E-state index contributed by atoms with van der Waals surface area (Å²) in [5.41, 5.74) is 5.87. The van der Waals surface area contributed by atoms with Gasteiger partial charge in [0.1, 0.15) is 4.90 Å². The van der Waals surface area contributed by atoms with E-state index in [2.05, 4.69) is 26.0 Å². The Balaban J connectivity index is 2.07. The second-order valence-corrected chi connectivity index (χ2v) is 6.99. The number of benzene rings is 1. The third-order valence-electron chi connectivity index (χ3n) is 2.87. The molecule has 1 unspecified atom stereocenters. The zero-order chi connectivity index (χ0) is 14.0. The van der Waals surface area contributed by atoms with Crippen molar-refractivity contribution in [3.63, 3.8) is 0 Å². The first kappa shape index (κ1) is 14.3. The molecule has 1 saturated heterocycles. The second-order valence-electron chi connectivity index (χ2n) is 4.34. The average molecular weight is 348 g/mol. The minimum atomic E-state index is -3.66. The highest BCUT2D eigenvalue weighted by atomic mass is 79.9. The summed E-state index contributed by atoms with van der Waals surface area (Å²) in [6.45, 7) is 0.170. The van der Waals surface area contributed by atoms with Gasteiger partial charge in [-0.2, -0.15) is 0 Å². The molecule has 8 heteroatoms. The number of halogens is 1. The molecule has 1 amide bonds. The smallest absolute Gasteiger partial charge is 0.242 e. The van der Waals surface area contributed by atoms with E-state index < -0.39 is 10.0 Å². The van der Waals surface area contributed by atoms with E-state index >= 15 is 0 Å². The van der Waals surface area contributed by atoms with E-state index in [1.807, 2.05) is 0 Å². The fourth-order valence-corrected chi connectivity index (χ4v) is 3.45. The minimum Gasteiger partial charge on any atom is -0.398 e. The number of amides is 1. The molecule has 1 heterocycles. The van der Waals surface area contributed by atoms with E-state index in [0.29, 0.717) is 17.3 Å². The number of rotatable bonds is 4. The highest BCUT2D eigenvalue weighted by molar-refractivity contribution is 9.10. The van der Waals surface area contributed by atoms with Gasteiger partial charge in [-0.25, -0.2) is 13.1 Å². The zero-order valence-electron chi connectivity index (χ0n) is 10.0. The van der Waals surface area contributed by atoms with Crippen molar-refractivity contribution in [1.82, 2.24) is 10.0 Å². The van der Waals surface area contributed by atoms with Gasteiger partial charge in [0, 0.05) is 23.5 Å². The Labute approximate surface area is 119 Å². The van der Waals surface area contributed by atoms with Crippen LogP contribution in [-0.4, -0.2) is 26.9 Å². The molecule has 0 aliphatic carbocycles. The van der Waals surface area contributed by atoms with Gasteiger partial charge in [0.05, 0.1) is 5.69 Å². The quantitative estimate of drug-likeness (QED) is 0.693. The van der Waals surface area contributed by atoms with E-state index in [4.69, 9.17) is 5.73 Å². The highest BCUT2D eigenvalue weighted by Crippen LogP contribution is 2.22. The Hall–Kier alpha value is -1.12. The van der Waals surface area contributed by atoms with E-state index in [1.54, 1.807) is 6.07 Å². The van der Waals surface area contributed by atoms with Crippen LogP contribution in [0.3, 0.4) is 0 Å². The molecule has 1 aromatic rings. The Morgan fingerprint density at radius 1 is 1.47 bits per heavy atom. The van der Waals surface area contributed by atoms with Crippen LogP contribution in [0.15, 0.2) is 27.6 Å². The van der Waals surface area contributed by atoms with Crippen molar-refractivity contribution in [3.05, 3.63) is 22.7 Å². The fourth-order valence-electron chi connectivity index (χ4n) is 1.88. The summed E-state index contributed by atoms with van der Waals surface area (Å²) < 4.78 is 27.3. The Bertz CT molecular complexity index is 603. The van der Waals surface area contributed by atoms with Crippen molar-refractivity contribution < 1.29 is 13.2 Å².